The highest BCUT2D eigenvalue weighted by atomic mass is 19.1. The summed E-state index contributed by atoms with van der Waals surface area (Å²) in [6.45, 7) is 5.66. The van der Waals surface area contributed by atoms with E-state index in [2.05, 4.69) is 15.2 Å². The Kier molecular flexibility index (Phi) is 7.66. The van der Waals surface area contributed by atoms with Gasteiger partial charge in [0.25, 0.3) is 5.91 Å². The third-order valence-corrected chi connectivity index (χ3v) is 5.36. The first kappa shape index (κ1) is 21.8. The lowest BCUT2D eigenvalue weighted by Gasteiger charge is -2.40. The van der Waals surface area contributed by atoms with Crippen LogP contribution in [0.25, 0.3) is 0 Å². The normalized spacial score (nSPS) is 18.8. The molecule has 162 valence electrons. The Morgan fingerprint density at radius 3 is 2.76 bits per heavy atom. The fourth-order valence-corrected chi connectivity index (χ4v) is 3.45. The first-order valence-corrected chi connectivity index (χ1v) is 10.4. The van der Waals surface area contributed by atoms with Gasteiger partial charge in [-0.25, -0.2) is 9.37 Å². The quantitative estimate of drug-likeness (QED) is 0.572. The van der Waals surface area contributed by atoms with Crippen LogP contribution in [0.15, 0.2) is 12.1 Å². The van der Waals surface area contributed by atoms with E-state index in [4.69, 9.17) is 14.2 Å². The van der Waals surface area contributed by atoms with Crippen LogP contribution in [0.5, 0.6) is 5.88 Å². The highest BCUT2D eigenvalue weighted by Crippen LogP contribution is 2.34. The number of ether oxygens (including phenoxy) is 3. The van der Waals surface area contributed by atoms with Gasteiger partial charge < -0.3 is 24.4 Å². The van der Waals surface area contributed by atoms with Crippen molar-refractivity contribution in [3.63, 3.8) is 0 Å². The molecule has 8 heteroatoms. The van der Waals surface area contributed by atoms with E-state index in [-0.39, 0.29) is 24.0 Å². The minimum Gasteiger partial charge on any atom is -0.476 e. The van der Waals surface area contributed by atoms with Crippen molar-refractivity contribution in [1.82, 2.24) is 10.3 Å². The highest BCUT2D eigenvalue weighted by molar-refractivity contribution is 5.93. The number of nitrogens with zero attached hydrogens (tertiary/aromatic N) is 2. The van der Waals surface area contributed by atoms with Crippen LogP contribution in [-0.4, -0.2) is 63.3 Å². The van der Waals surface area contributed by atoms with Crippen molar-refractivity contribution >= 4 is 11.6 Å². The maximum absolute atomic E-state index is 12.7. The first-order chi connectivity index (χ1) is 14.0. The lowest BCUT2D eigenvalue weighted by molar-refractivity contribution is 0.0347. The molecule has 1 aliphatic heterocycles. The Bertz CT molecular complexity index is 680. The number of rotatable bonds is 12. The van der Waals surface area contributed by atoms with Crippen molar-refractivity contribution in [2.75, 3.05) is 45.2 Å². The molecule has 1 aliphatic carbocycles. The minimum atomic E-state index is -0.785. The molecular formula is C21H32FN3O4. The number of anilines is 1. The maximum atomic E-state index is 12.7. The van der Waals surface area contributed by atoms with Crippen molar-refractivity contribution in [2.45, 2.75) is 45.3 Å². The summed E-state index contributed by atoms with van der Waals surface area (Å²) < 4.78 is 28.2. The van der Waals surface area contributed by atoms with E-state index in [0.29, 0.717) is 37.1 Å². The van der Waals surface area contributed by atoms with Crippen LogP contribution in [0.2, 0.25) is 0 Å². The summed E-state index contributed by atoms with van der Waals surface area (Å²) in [5.41, 5.74) is 1.24. The van der Waals surface area contributed by atoms with Gasteiger partial charge in [0.1, 0.15) is 11.4 Å². The van der Waals surface area contributed by atoms with Crippen LogP contribution >= 0.6 is 0 Å². The number of amides is 1. The molecule has 1 saturated carbocycles. The number of methoxy groups -OCH3 is 1. The number of aromatic nitrogens is 1. The fraction of sp³-hybridized carbons (Fsp3) is 0.714. The molecule has 0 aromatic carbocycles. The molecule has 2 atom stereocenters. The van der Waals surface area contributed by atoms with Crippen molar-refractivity contribution in [1.29, 1.82) is 0 Å². The van der Waals surface area contributed by atoms with E-state index in [1.54, 1.807) is 13.2 Å². The second-order valence-electron chi connectivity index (χ2n) is 8.23. The second-order valence-corrected chi connectivity index (χ2v) is 8.23. The first-order valence-electron chi connectivity index (χ1n) is 10.4. The smallest absolute Gasteiger partial charge is 0.270 e. The zero-order valence-corrected chi connectivity index (χ0v) is 17.5. The number of alkyl halides is 1. The fourth-order valence-electron chi connectivity index (χ4n) is 3.45. The molecule has 1 amide bonds. The predicted octanol–water partition coefficient (Wildman–Crippen LogP) is 2.79. The van der Waals surface area contributed by atoms with E-state index >= 15 is 0 Å². The standard InChI is InChI=1S/C21H32FN3O4/c1-14(11-28-13-22)8-15(2)23-20(26)18-6-7-19(25-9-17(10-25)27-3)21(24-18)29-12-16-4-5-16/h6-7,14-17H,4-5,8-13H2,1-3H3,(H,23,26)/t14?,15-/m0/s1. The summed E-state index contributed by atoms with van der Waals surface area (Å²) in [7, 11) is 1.71. The lowest BCUT2D eigenvalue weighted by Crippen LogP contribution is -2.52. The number of halogens is 1. The molecule has 3 rings (SSSR count). The Morgan fingerprint density at radius 1 is 1.34 bits per heavy atom. The Morgan fingerprint density at radius 2 is 2.10 bits per heavy atom. The predicted molar refractivity (Wildman–Crippen MR) is 108 cm³/mol. The third kappa shape index (κ3) is 6.27. The summed E-state index contributed by atoms with van der Waals surface area (Å²) in [5.74, 6) is 1.01. The lowest BCUT2D eigenvalue weighted by atomic mass is 10.0. The Balaban J connectivity index is 1.61. The van der Waals surface area contributed by atoms with Gasteiger partial charge in [0.15, 0.2) is 6.86 Å². The molecule has 0 spiro atoms. The number of hydrogen-bond donors (Lipinski definition) is 1. The van der Waals surface area contributed by atoms with Gasteiger partial charge >= 0.3 is 0 Å². The summed E-state index contributed by atoms with van der Waals surface area (Å²) >= 11 is 0. The highest BCUT2D eigenvalue weighted by Gasteiger charge is 2.31. The van der Waals surface area contributed by atoms with Crippen molar-refractivity contribution in [2.24, 2.45) is 11.8 Å². The van der Waals surface area contributed by atoms with Crippen LogP contribution in [0.4, 0.5) is 10.1 Å². The number of carbonyl (C=O) groups is 1. The van der Waals surface area contributed by atoms with E-state index in [0.717, 1.165) is 18.8 Å². The second kappa shape index (κ2) is 10.2. The van der Waals surface area contributed by atoms with E-state index in [1.807, 2.05) is 19.9 Å². The molecule has 1 saturated heterocycles. The Labute approximate surface area is 171 Å². The maximum Gasteiger partial charge on any atom is 0.270 e. The molecule has 2 heterocycles. The molecule has 29 heavy (non-hydrogen) atoms. The van der Waals surface area contributed by atoms with Gasteiger partial charge in [0.05, 0.1) is 19.3 Å². The van der Waals surface area contributed by atoms with Crippen molar-refractivity contribution < 1.29 is 23.4 Å². The van der Waals surface area contributed by atoms with Gasteiger partial charge in [0, 0.05) is 26.2 Å². The number of hydrogen-bond acceptors (Lipinski definition) is 6. The van der Waals surface area contributed by atoms with Crippen LogP contribution in [-0.2, 0) is 9.47 Å². The van der Waals surface area contributed by atoms with Crippen LogP contribution < -0.4 is 15.0 Å². The molecule has 0 bridgehead atoms. The minimum absolute atomic E-state index is 0.0733. The monoisotopic (exact) mass is 409 g/mol. The molecule has 0 radical (unpaired) electrons. The van der Waals surface area contributed by atoms with Gasteiger partial charge in [-0.15, -0.1) is 0 Å². The molecule has 2 fully saturated rings. The summed E-state index contributed by atoms with van der Waals surface area (Å²) in [6.07, 6.45) is 3.29. The molecule has 1 aromatic heterocycles. The van der Waals surface area contributed by atoms with Crippen molar-refractivity contribution in [3.8, 4) is 5.88 Å². The van der Waals surface area contributed by atoms with Gasteiger partial charge in [-0.05, 0) is 50.2 Å². The molecule has 1 unspecified atom stereocenters. The van der Waals surface area contributed by atoms with Crippen LogP contribution in [0.1, 0.15) is 43.6 Å². The van der Waals surface area contributed by atoms with Gasteiger partial charge in [0.2, 0.25) is 5.88 Å². The average molecular weight is 410 g/mol. The van der Waals surface area contributed by atoms with E-state index in [9.17, 15) is 9.18 Å². The summed E-state index contributed by atoms with van der Waals surface area (Å²) in [5, 5.41) is 2.96. The topological polar surface area (TPSA) is 72.9 Å². The molecule has 2 aliphatic rings. The number of carbonyl (C=O) groups excluding carboxylic acids is 1. The van der Waals surface area contributed by atoms with Gasteiger partial charge in [-0.2, -0.15) is 0 Å². The van der Waals surface area contributed by atoms with E-state index in [1.165, 1.54) is 12.8 Å². The summed E-state index contributed by atoms with van der Waals surface area (Å²) in [6, 6.07) is 3.56. The van der Waals surface area contributed by atoms with Crippen molar-refractivity contribution in [3.05, 3.63) is 17.8 Å². The zero-order valence-electron chi connectivity index (χ0n) is 17.5. The molecule has 1 aromatic rings. The SMILES string of the molecule is COC1CN(c2ccc(C(=O)N[C@@H](C)CC(C)COCF)nc2OCC2CC2)C1. The zero-order chi connectivity index (χ0) is 20.8. The van der Waals surface area contributed by atoms with Crippen LogP contribution in [0, 0.1) is 11.8 Å². The van der Waals surface area contributed by atoms with Gasteiger partial charge in [-0.1, -0.05) is 6.92 Å². The largest absolute Gasteiger partial charge is 0.476 e. The van der Waals surface area contributed by atoms with Gasteiger partial charge in [-0.3, -0.25) is 4.79 Å². The third-order valence-electron chi connectivity index (χ3n) is 5.36. The van der Waals surface area contributed by atoms with E-state index < -0.39 is 6.86 Å². The number of pyridine rings is 1. The molecule has 7 nitrogen and oxygen atoms in total. The number of nitrogens with one attached hydrogen (secondary N) is 1. The summed E-state index contributed by atoms with van der Waals surface area (Å²) in [4.78, 5) is 19.3. The molecule has 1 N–H and O–H groups in total. The van der Waals surface area contributed by atoms with Crippen LogP contribution in [0.3, 0.4) is 0 Å². The average Bonchev–Trinajstić information content (AvgIpc) is 3.48. The molecular weight excluding hydrogens is 377 g/mol. The Hall–Kier alpha value is -1.93.